The summed E-state index contributed by atoms with van der Waals surface area (Å²) in [5.41, 5.74) is 1.15. The van der Waals surface area contributed by atoms with Crippen LogP contribution in [0.4, 0.5) is 0 Å². The summed E-state index contributed by atoms with van der Waals surface area (Å²) in [4.78, 5) is 30.5. The molecule has 30 heavy (non-hydrogen) atoms. The Labute approximate surface area is 177 Å². The number of hydrogen-bond donors (Lipinski definition) is 0. The smallest absolute Gasteiger partial charge is 0.262 e. The van der Waals surface area contributed by atoms with Crippen molar-refractivity contribution in [2.45, 2.75) is 26.8 Å². The average Bonchev–Trinajstić information content (AvgIpc) is 2.74. The molecule has 1 aliphatic heterocycles. The molecule has 0 saturated heterocycles. The number of fused-ring (bicyclic) bond motifs is 2. The zero-order chi connectivity index (χ0) is 21.6. The highest BCUT2D eigenvalue weighted by Gasteiger charge is 2.35. The Morgan fingerprint density at radius 3 is 2.43 bits per heavy atom. The summed E-state index contributed by atoms with van der Waals surface area (Å²) in [6, 6.07) is 13.8. The summed E-state index contributed by atoms with van der Waals surface area (Å²) >= 11 is 0. The average molecular weight is 405 g/mol. The lowest BCUT2D eigenvalue weighted by Crippen LogP contribution is -2.46. The van der Waals surface area contributed by atoms with Crippen LogP contribution < -0.4 is 4.74 Å². The number of hydrogen-bond acceptors (Lipinski definition) is 4. The lowest BCUT2D eigenvalue weighted by molar-refractivity contribution is 0.0587. The first-order chi connectivity index (χ1) is 14.3. The highest BCUT2D eigenvalue weighted by atomic mass is 16.5. The maximum Gasteiger partial charge on any atom is 0.262 e. The summed E-state index contributed by atoms with van der Waals surface area (Å²) in [5, 5.41) is 3.33. The standard InChI is InChI=1S/C25H28N2O3/c1-15(2)16(3)26(4)12-13-27-24(28)19-10-11-21(30-5)20-14-17-8-6-7-9-18(17)23(22(19)20)25(27)29/h6-11,14-16H,12-13H2,1-5H3. The van der Waals surface area contributed by atoms with E-state index in [0.29, 0.717) is 47.3 Å². The van der Waals surface area contributed by atoms with Gasteiger partial charge < -0.3 is 9.64 Å². The molecule has 0 bridgehead atoms. The molecule has 5 nitrogen and oxygen atoms in total. The molecule has 1 aliphatic rings. The molecule has 3 aromatic carbocycles. The van der Waals surface area contributed by atoms with Gasteiger partial charge in [-0.2, -0.15) is 0 Å². The lowest BCUT2D eigenvalue weighted by Gasteiger charge is -2.32. The van der Waals surface area contributed by atoms with Gasteiger partial charge in [-0.15, -0.1) is 0 Å². The van der Waals surface area contributed by atoms with Crippen LogP contribution >= 0.6 is 0 Å². The van der Waals surface area contributed by atoms with Crippen LogP contribution in [0.3, 0.4) is 0 Å². The largest absolute Gasteiger partial charge is 0.496 e. The van der Waals surface area contributed by atoms with Crippen molar-refractivity contribution >= 4 is 33.4 Å². The van der Waals surface area contributed by atoms with Gasteiger partial charge in [-0.1, -0.05) is 38.1 Å². The number of carbonyl (C=O) groups excluding carboxylic acids is 2. The van der Waals surface area contributed by atoms with E-state index in [1.54, 1.807) is 13.2 Å². The van der Waals surface area contributed by atoms with Crippen molar-refractivity contribution in [3.63, 3.8) is 0 Å². The van der Waals surface area contributed by atoms with E-state index >= 15 is 0 Å². The molecule has 0 fully saturated rings. The Balaban J connectivity index is 1.83. The Morgan fingerprint density at radius 1 is 1.00 bits per heavy atom. The molecule has 0 saturated carbocycles. The third kappa shape index (κ3) is 3.14. The number of imide groups is 1. The van der Waals surface area contributed by atoms with E-state index in [9.17, 15) is 9.59 Å². The highest BCUT2D eigenvalue weighted by Crippen LogP contribution is 2.39. The maximum absolute atomic E-state index is 13.6. The van der Waals surface area contributed by atoms with Crippen LogP contribution in [0.2, 0.25) is 0 Å². The van der Waals surface area contributed by atoms with E-state index in [2.05, 4.69) is 25.7 Å². The summed E-state index contributed by atoms with van der Waals surface area (Å²) in [7, 11) is 3.65. The fraction of sp³-hybridized carbons (Fsp3) is 0.360. The van der Waals surface area contributed by atoms with E-state index in [1.807, 2.05) is 43.4 Å². The third-order valence-corrected chi connectivity index (χ3v) is 6.48. The first-order valence-electron chi connectivity index (χ1n) is 10.4. The monoisotopic (exact) mass is 404 g/mol. The molecule has 0 aliphatic carbocycles. The summed E-state index contributed by atoms with van der Waals surface area (Å²) in [6.07, 6.45) is 0. The van der Waals surface area contributed by atoms with Gasteiger partial charge in [0.1, 0.15) is 5.75 Å². The molecular formula is C25H28N2O3. The molecule has 1 atom stereocenters. The Morgan fingerprint density at radius 2 is 1.73 bits per heavy atom. The van der Waals surface area contributed by atoms with Crippen molar-refractivity contribution in [1.29, 1.82) is 0 Å². The van der Waals surface area contributed by atoms with Crippen LogP contribution in [0.1, 0.15) is 41.5 Å². The second-order valence-electron chi connectivity index (χ2n) is 8.44. The van der Waals surface area contributed by atoms with Crippen molar-refractivity contribution in [2.24, 2.45) is 5.92 Å². The summed E-state index contributed by atoms with van der Waals surface area (Å²) in [5.74, 6) is 0.697. The van der Waals surface area contributed by atoms with Gasteiger partial charge in [-0.3, -0.25) is 14.5 Å². The summed E-state index contributed by atoms with van der Waals surface area (Å²) < 4.78 is 5.54. The van der Waals surface area contributed by atoms with E-state index < -0.39 is 0 Å². The number of likely N-dealkylation sites (N-methyl/N-ethyl adjacent to an activating group) is 1. The molecule has 2 amide bonds. The van der Waals surface area contributed by atoms with Crippen molar-refractivity contribution in [2.75, 3.05) is 27.2 Å². The second-order valence-corrected chi connectivity index (χ2v) is 8.44. The van der Waals surface area contributed by atoms with Gasteiger partial charge in [-0.25, -0.2) is 0 Å². The number of benzene rings is 3. The van der Waals surface area contributed by atoms with Gasteiger partial charge in [0.2, 0.25) is 0 Å². The Kier molecular flexibility index (Phi) is 5.24. The second kappa shape index (κ2) is 7.73. The quantitative estimate of drug-likeness (QED) is 0.446. The van der Waals surface area contributed by atoms with Crippen molar-refractivity contribution in [3.8, 4) is 5.75 Å². The number of nitrogens with zero attached hydrogens (tertiary/aromatic N) is 2. The van der Waals surface area contributed by atoms with Gasteiger partial charge in [-0.05, 0) is 48.9 Å². The molecule has 0 spiro atoms. The summed E-state index contributed by atoms with van der Waals surface area (Å²) in [6.45, 7) is 7.52. The van der Waals surface area contributed by atoms with Crippen LogP contribution in [0, 0.1) is 5.92 Å². The van der Waals surface area contributed by atoms with Crippen molar-refractivity contribution in [1.82, 2.24) is 9.80 Å². The predicted octanol–water partition coefficient (Wildman–Crippen LogP) is 4.57. The van der Waals surface area contributed by atoms with Gasteiger partial charge in [0.25, 0.3) is 11.8 Å². The number of ether oxygens (including phenoxy) is 1. The van der Waals surface area contributed by atoms with Crippen molar-refractivity contribution < 1.29 is 14.3 Å². The molecule has 0 aromatic heterocycles. The zero-order valence-electron chi connectivity index (χ0n) is 18.2. The molecule has 4 rings (SSSR count). The predicted molar refractivity (Wildman–Crippen MR) is 120 cm³/mol. The Hall–Kier alpha value is -2.92. The maximum atomic E-state index is 13.6. The van der Waals surface area contributed by atoms with Crippen LogP contribution in [0.25, 0.3) is 21.5 Å². The van der Waals surface area contributed by atoms with Gasteiger partial charge in [0, 0.05) is 35.5 Å². The normalized spacial score (nSPS) is 15.0. The SMILES string of the molecule is COc1ccc2c3c(c4ccccc4cc13)C(=O)N(CCN(C)C(C)C(C)C)C2=O. The third-order valence-electron chi connectivity index (χ3n) is 6.48. The van der Waals surface area contributed by atoms with E-state index in [4.69, 9.17) is 4.74 Å². The number of amides is 2. The molecule has 1 heterocycles. The van der Waals surface area contributed by atoms with Gasteiger partial charge >= 0.3 is 0 Å². The fourth-order valence-corrected chi connectivity index (χ4v) is 4.28. The van der Waals surface area contributed by atoms with E-state index in [-0.39, 0.29) is 11.8 Å². The molecule has 1 unspecified atom stereocenters. The zero-order valence-corrected chi connectivity index (χ0v) is 18.2. The molecule has 5 heteroatoms. The van der Waals surface area contributed by atoms with Crippen molar-refractivity contribution in [3.05, 3.63) is 53.6 Å². The van der Waals surface area contributed by atoms with Gasteiger partial charge in [0.05, 0.1) is 12.7 Å². The first-order valence-corrected chi connectivity index (χ1v) is 10.4. The molecule has 0 N–H and O–H groups in total. The minimum absolute atomic E-state index is 0.229. The molecule has 156 valence electrons. The van der Waals surface area contributed by atoms with Crippen LogP contribution in [0.15, 0.2) is 42.5 Å². The Bertz CT molecular complexity index is 1150. The molecule has 3 aromatic rings. The minimum Gasteiger partial charge on any atom is -0.496 e. The first kappa shape index (κ1) is 20.4. The number of rotatable bonds is 6. The lowest BCUT2D eigenvalue weighted by atomic mass is 9.89. The fourth-order valence-electron chi connectivity index (χ4n) is 4.28. The van der Waals surface area contributed by atoms with Crippen LogP contribution in [-0.4, -0.2) is 54.9 Å². The van der Waals surface area contributed by atoms with Crippen LogP contribution in [0.5, 0.6) is 5.75 Å². The number of methoxy groups -OCH3 is 1. The molecule has 0 radical (unpaired) electrons. The topological polar surface area (TPSA) is 49.9 Å². The minimum atomic E-state index is -0.235. The molecular weight excluding hydrogens is 376 g/mol. The van der Waals surface area contributed by atoms with Crippen LogP contribution in [-0.2, 0) is 0 Å². The highest BCUT2D eigenvalue weighted by molar-refractivity contribution is 6.31. The number of carbonyl (C=O) groups is 2. The van der Waals surface area contributed by atoms with Gasteiger partial charge in [0.15, 0.2) is 0 Å². The van der Waals surface area contributed by atoms with E-state index in [0.717, 1.165) is 16.2 Å². The van der Waals surface area contributed by atoms with E-state index in [1.165, 1.54) is 4.90 Å².